The van der Waals surface area contributed by atoms with Gasteiger partial charge in [-0.2, -0.15) is 0 Å². The van der Waals surface area contributed by atoms with Crippen molar-refractivity contribution in [3.63, 3.8) is 0 Å². The van der Waals surface area contributed by atoms with Crippen LogP contribution in [-0.2, 0) is 17.1 Å². The molecule has 2 N–H and O–H groups in total. The Hall–Kier alpha value is -3.08. The molecule has 1 amide bonds. The fourth-order valence-corrected chi connectivity index (χ4v) is 4.84. The maximum absolute atomic E-state index is 12.8. The van der Waals surface area contributed by atoms with Crippen molar-refractivity contribution >= 4 is 21.9 Å². The summed E-state index contributed by atoms with van der Waals surface area (Å²) in [6, 6.07) is 6.58. The minimum Gasteiger partial charge on any atom is -0.501 e. The Morgan fingerprint density at radius 3 is 2.73 bits per heavy atom. The maximum Gasteiger partial charge on any atom is 0.297 e. The number of nitrogens with one attached hydrogen (secondary N) is 1. The number of hydrogen-bond acceptors (Lipinski definition) is 7. The summed E-state index contributed by atoms with van der Waals surface area (Å²) in [7, 11) is -0.832. The second-order valence-corrected chi connectivity index (χ2v) is 9.05. The molecule has 1 aliphatic heterocycles. The van der Waals surface area contributed by atoms with Gasteiger partial charge in [0.2, 0.25) is 21.7 Å². The van der Waals surface area contributed by atoms with Crippen LogP contribution in [0.2, 0.25) is 0 Å². The van der Waals surface area contributed by atoms with Crippen LogP contribution in [0.3, 0.4) is 0 Å². The van der Waals surface area contributed by atoms with E-state index in [1.165, 1.54) is 14.2 Å². The van der Waals surface area contributed by atoms with Crippen LogP contribution in [0.15, 0.2) is 29.1 Å². The van der Waals surface area contributed by atoms with E-state index < -0.39 is 39.0 Å². The van der Waals surface area contributed by atoms with Crippen molar-refractivity contribution in [2.45, 2.75) is 25.8 Å². The predicted octanol–water partition coefficient (Wildman–Crippen LogP) is 0.915. The van der Waals surface area contributed by atoms with Gasteiger partial charge in [-0.05, 0) is 37.5 Å². The van der Waals surface area contributed by atoms with Gasteiger partial charge >= 0.3 is 0 Å². The number of ether oxygens (including phenoxy) is 1. The fraction of sp³-hybridized carbons (Fsp3) is 0.421. The molecule has 1 aromatic heterocycles. The number of rotatable bonds is 5. The normalized spacial score (nSPS) is 16.7. The molecule has 0 radical (unpaired) electrons. The van der Waals surface area contributed by atoms with Gasteiger partial charge in [-0.1, -0.05) is 12.1 Å². The zero-order chi connectivity index (χ0) is 22.1. The number of benzene rings is 1. The van der Waals surface area contributed by atoms with Gasteiger partial charge in [-0.25, -0.2) is 17.7 Å². The van der Waals surface area contributed by atoms with Crippen LogP contribution in [0.5, 0.6) is 11.5 Å². The Kier molecular flexibility index (Phi) is 6.01. The maximum atomic E-state index is 12.8. The van der Waals surface area contributed by atoms with Gasteiger partial charge in [-0.3, -0.25) is 14.2 Å². The molecule has 2 aromatic rings. The highest BCUT2D eigenvalue weighted by Crippen LogP contribution is 2.24. The molecule has 1 atom stereocenters. The van der Waals surface area contributed by atoms with E-state index in [0.717, 1.165) is 14.4 Å². The summed E-state index contributed by atoms with van der Waals surface area (Å²) in [5.41, 5.74) is -0.687. The largest absolute Gasteiger partial charge is 0.501 e. The van der Waals surface area contributed by atoms with E-state index >= 15 is 0 Å². The van der Waals surface area contributed by atoms with Crippen molar-refractivity contribution in [1.29, 1.82) is 0 Å². The molecule has 1 unspecified atom stereocenters. The summed E-state index contributed by atoms with van der Waals surface area (Å²) < 4.78 is 32.0. The molecular weight excluding hydrogens is 412 g/mol. The van der Waals surface area contributed by atoms with Crippen molar-refractivity contribution in [3.8, 4) is 11.5 Å². The number of aromatic nitrogens is 2. The summed E-state index contributed by atoms with van der Waals surface area (Å²) in [6.07, 6.45) is 1.11. The van der Waals surface area contributed by atoms with Gasteiger partial charge in [0.25, 0.3) is 11.5 Å². The van der Waals surface area contributed by atoms with Crippen LogP contribution in [0.25, 0.3) is 0 Å². The third-order valence-corrected chi connectivity index (χ3v) is 6.79. The number of carbonyl (C=O) groups excluding carboxylic acids is 1. The van der Waals surface area contributed by atoms with Crippen LogP contribution in [-0.4, -0.2) is 48.4 Å². The van der Waals surface area contributed by atoms with E-state index in [9.17, 15) is 23.1 Å². The average molecular weight is 436 g/mol. The van der Waals surface area contributed by atoms with E-state index in [1.54, 1.807) is 31.2 Å². The smallest absolute Gasteiger partial charge is 0.297 e. The molecule has 0 saturated carbocycles. The van der Waals surface area contributed by atoms with E-state index in [1.807, 2.05) is 0 Å². The molecule has 1 saturated heterocycles. The lowest BCUT2D eigenvalue weighted by Crippen LogP contribution is -2.42. The standard InChI is InChI=1S/C19H24N4O6S/c1-12(13-7-6-8-14(11-13)29-3)20-17(25)15-16(24)18(26)22(2)19(21-15)23-9-4-5-10-30(23,27)28/h6-8,11-12,24H,4-5,9-10H2,1-3H3,(H,20,25). The number of methoxy groups -OCH3 is 1. The Morgan fingerprint density at radius 1 is 1.33 bits per heavy atom. The Balaban J connectivity index is 1.96. The van der Waals surface area contributed by atoms with Gasteiger partial charge in [0.1, 0.15) is 5.75 Å². The quantitative estimate of drug-likeness (QED) is 0.712. The monoisotopic (exact) mass is 436 g/mol. The van der Waals surface area contributed by atoms with E-state index in [2.05, 4.69) is 10.3 Å². The molecule has 0 aliphatic carbocycles. The molecular formula is C19H24N4O6S. The second-order valence-electron chi connectivity index (χ2n) is 7.04. The molecule has 0 spiro atoms. The first-order chi connectivity index (χ1) is 14.2. The van der Waals surface area contributed by atoms with Crippen LogP contribution in [0, 0.1) is 0 Å². The highest BCUT2D eigenvalue weighted by Gasteiger charge is 2.31. The van der Waals surface area contributed by atoms with Gasteiger partial charge in [0, 0.05) is 13.6 Å². The first kappa shape index (κ1) is 21.6. The number of aromatic hydroxyl groups is 1. The number of nitrogens with zero attached hydrogens (tertiary/aromatic N) is 3. The molecule has 1 fully saturated rings. The number of anilines is 1. The minimum absolute atomic E-state index is 0.0713. The number of carbonyl (C=O) groups is 1. The molecule has 2 heterocycles. The minimum atomic E-state index is -3.66. The molecule has 1 aromatic carbocycles. The van der Waals surface area contributed by atoms with Crippen molar-refractivity contribution in [2.75, 3.05) is 23.7 Å². The van der Waals surface area contributed by atoms with Crippen LogP contribution >= 0.6 is 0 Å². The topological polar surface area (TPSA) is 131 Å². The highest BCUT2D eigenvalue weighted by molar-refractivity contribution is 7.92. The van der Waals surface area contributed by atoms with Gasteiger partial charge in [0.15, 0.2) is 5.69 Å². The second kappa shape index (κ2) is 8.34. The summed E-state index contributed by atoms with van der Waals surface area (Å²) >= 11 is 0. The summed E-state index contributed by atoms with van der Waals surface area (Å²) in [6.45, 7) is 1.87. The SMILES string of the molecule is COc1cccc(C(C)NC(=O)c2nc(N3CCCCS3(=O)=O)n(C)c(=O)c2O)c1. The Bertz CT molecular complexity index is 1130. The Labute approximate surface area is 174 Å². The van der Waals surface area contributed by atoms with E-state index in [4.69, 9.17) is 4.74 Å². The third kappa shape index (κ3) is 4.11. The van der Waals surface area contributed by atoms with Crippen molar-refractivity contribution in [1.82, 2.24) is 14.9 Å². The van der Waals surface area contributed by atoms with Crippen molar-refractivity contribution < 1.29 is 23.1 Å². The average Bonchev–Trinajstić information content (AvgIpc) is 2.72. The summed E-state index contributed by atoms with van der Waals surface area (Å²) in [5, 5.41) is 12.9. The summed E-state index contributed by atoms with van der Waals surface area (Å²) in [4.78, 5) is 29.3. The molecule has 3 rings (SSSR count). The number of sulfonamides is 1. The lowest BCUT2D eigenvalue weighted by Gasteiger charge is -2.28. The fourth-order valence-electron chi connectivity index (χ4n) is 3.23. The van der Waals surface area contributed by atoms with Gasteiger partial charge < -0.3 is 15.2 Å². The molecule has 30 heavy (non-hydrogen) atoms. The molecule has 162 valence electrons. The summed E-state index contributed by atoms with van der Waals surface area (Å²) in [5.74, 6) is -1.29. The highest BCUT2D eigenvalue weighted by atomic mass is 32.2. The zero-order valence-corrected chi connectivity index (χ0v) is 17.8. The third-order valence-electron chi connectivity index (χ3n) is 4.97. The van der Waals surface area contributed by atoms with Crippen LogP contribution in [0.1, 0.15) is 41.9 Å². The number of amides is 1. The molecule has 1 aliphatic rings. The number of hydrogen-bond donors (Lipinski definition) is 2. The lowest BCUT2D eigenvalue weighted by atomic mass is 10.1. The van der Waals surface area contributed by atoms with E-state index in [-0.39, 0.29) is 18.2 Å². The van der Waals surface area contributed by atoms with E-state index in [0.29, 0.717) is 18.6 Å². The Morgan fingerprint density at radius 2 is 2.07 bits per heavy atom. The van der Waals surface area contributed by atoms with Crippen LogP contribution in [0.4, 0.5) is 5.95 Å². The molecule has 11 heteroatoms. The predicted molar refractivity (Wildman–Crippen MR) is 110 cm³/mol. The molecule has 10 nitrogen and oxygen atoms in total. The molecule has 0 bridgehead atoms. The zero-order valence-electron chi connectivity index (χ0n) is 17.0. The first-order valence-corrected chi connectivity index (χ1v) is 11.0. The lowest BCUT2D eigenvalue weighted by molar-refractivity contribution is 0.0931. The van der Waals surface area contributed by atoms with Gasteiger partial charge in [0.05, 0.1) is 18.9 Å². The first-order valence-electron chi connectivity index (χ1n) is 9.41. The van der Waals surface area contributed by atoms with Gasteiger partial charge in [-0.15, -0.1) is 0 Å². The van der Waals surface area contributed by atoms with Crippen LogP contribution < -0.4 is 19.9 Å². The van der Waals surface area contributed by atoms with Crippen molar-refractivity contribution in [2.24, 2.45) is 7.05 Å². The van der Waals surface area contributed by atoms with Crippen molar-refractivity contribution in [3.05, 3.63) is 45.9 Å².